The van der Waals surface area contributed by atoms with Crippen LogP contribution in [0.2, 0.25) is 0 Å². The van der Waals surface area contributed by atoms with Gasteiger partial charge in [-0.25, -0.2) is 0 Å². The van der Waals surface area contributed by atoms with E-state index in [4.69, 9.17) is 4.52 Å². The van der Waals surface area contributed by atoms with Crippen molar-refractivity contribution in [2.24, 2.45) is 11.8 Å². The highest BCUT2D eigenvalue weighted by atomic mass is 16.5. The molecule has 0 bridgehead atoms. The molecule has 1 fully saturated rings. The molecule has 1 aromatic rings. The van der Waals surface area contributed by atoms with Crippen molar-refractivity contribution >= 4 is 11.8 Å². The maximum Gasteiger partial charge on any atom is 0.220 e. The third-order valence-corrected chi connectivity index (χ3v) is 4.80. The summed E-state index contributed by atoms with van der Waals surface area (Å²) in [6.45, 7) is 10.5. The summed E-state index contributed by atoms with van der Waals surface area (Å²) in [6.07, 6.45) is 2.31. The van der Waals surface area contributed by atoms with Crippen molar-refractivity contribution in [3.8, 4) is 0 Å². The Labute approximate surface area is 155 Å². The molecule has 2 atom stereocenters. The third-order valence-electron chi connectivity index (χ3n) is 4.80. The van der Waals surface area contributed by atoms with Gasteiger partial charge in [-0.3, -0.25) is 9.59 Å². The van der Waals surface area contributed by atoms with Crippen LogP contribution in [0.3, 0.4) is 0 Å². The number of hydrogen-bond acceptors (Lipinski definition) is 5. The minimum Gasteiger partial charge on any atom is -0.361 e. The van der Waals surface area contributed by atoms with Crippen LogP contribution in [-0.4, -0.2) is 43.2 Å². The van der Waals surface area contributed by atoms with Gasteiger partial charge in [0.2, 0.25) is 11.8 Å². The molecule has 2 heterocycles. The van der Waals surface area contributed by atoms with Gasteiger partial charge >= 0.3 is 0 Å². The Balaban J connectivity index is 1.85. The molecule has 26 heavy (non-hydrogen) atoms. The van der Waals surface area contributed by atoms with Gasteiger partial charge in [0, 0.05) is 37.9 Å². The smallest absolute Gasteiger partial charge is 0.220 e. The molecule has 1 aromatic heterocycles. The Morgan fingerprint density at radius 2 is 2.00 bits per heavy atom. The van der Waals surface area contributed by atoms with Crippen LogP contribution in [0, 0.1) is 11.8 Å². The first-order valence-electron chi connectivity index (χ1n) is 9.43. The second-order valence-electron chi connectivity index (χ2n) is 8.19. The van der Waals surface area contributed by atoms with Gasteiger partial charge in [0.05, 0.1) is 5.69 Å². The van der Waals surface area contributed by atoms with Crippen molar-refractivity contribution < 1.29 is 14.1 Å². The van der Waals surface area contributed by atoms with E-state index >= 15 is 0 Å². The number of piperidine rings is 1. The van der Waals surface area contributed by atoms with Crippen LogP contribution >= 0.6 is 0 Å². The Kier molecular flexibility index (Phi) is 7.20. The van der Waals surface area contributed by atoms with Crippen LogP contribution in [0.15, 0.2) is 10.6 Å². The van der Waals surface area contributed by atoms with Crippen LogP contribution in [-0.2, 0) is 21.4 Å². The van der Waals surface area contributed by atoms with Crippen molar-refractivity contribution in [1.82, 2.24) is 21.1 Å². The summed E-state index contributed by atoms with van der Waals surface area (Å²) in [5.41, 5.74) is 0.906. The van der Waals surface area contributed by atoms with Gasteiger partial charge < -0.3 is 20.5 Å². The van der Waals surface area contributed by atoms with E-state index in [-0.39, 0.29) is 17.2 Å². The van der Waals surface area contributed by atoms with Gasteiger partial charge in [-0.2, -0.15) is 0 Å². The van der Waals surface area contributed by atoms with Gasteiger partial charge in [-0.15, -0.1) is 0 Å². The Morgan fingerprint density at radius 1 is 1.27 bits per heavy atom. The number of carbonyl (C=O) groups excluding carboxylic acids is 2. The molecule has 1 saturated heterocycles. The largest absolute Gasteiger partial charge is 0.361 e. The first-order chi connectivity index (χ1) is 12.3. The molecule has 2 amide bonds. The molecular weight excluding hydrogens is 332 g/mol. The summed E-state index contributed by atoms with van der Waals surface area (Å²) in [6, 6.07) is 2.04. The topological polar surface area (TPSA) is 96.3 Å². The molecule has 1 aliphatic rings. The molecule has 7 nitrogen and oxygen atoms in total. The van der Waals surface area contributed by atoms with Crippen molar-refractivity contribution in [1.29, 1.82) is 0 Å². The number of rotatable bonds is 7. The molecule has 0 saturated carbocycles. The van der Waals surface area contributed by atoms with E-state index < -0.39 is 0 Å². The lowest BCUT2D eigenvalue weighted by atomic mass is 9.81. The highest BCUT2D eigenvalue weighted by molar-refractivity contribution is 5.76. The van der Waals surface area contributed by atoms with E-state index in [1.807, 2.05) is 6.07 Å². The minimum absolute atomic E-state index is 0.0442. The normalized spacial score (nSPS) is 20.6. The predicted molar refractivity (Wildman–Crippen MR) is 99.7 cm³/mol. The lowest BCUT2D eigenvalue weighted by molar-refractivity contribution is -0.123. The van der Waals surface area contributed by atoms with E-state index in [2.05, 4.69) is 41.9 Å². The van der Waals surface area contributed by atoms with Gasteiger partial charge in [0.1, 0.15) is 5.76 Å². The van der Waals surface area contributed by atoms with Gasteiger partial charge in [-0.05, 0) is 37.8 Å². The summed E-state index contributed by atoms with van der Waals surface area (Å²) in [5.74, 6) is 1.54. The maximum atomic E-state index is 12.2. The van der Waals surface area contributed by atoms with Crippen molar-refractivity contribution in [2.45, 2.75) is 52.4 Å². The quantitative estimate of drug-likeness (QED) is 0.635. The molecular formula is C19H32N4O3. The van der Waals surface area contributed by atoms with Gasteiger partial charge in [0.25, 0.3) is 0 Å². The van der Waals surface area contributed by atoms with Crippen LogP contribution < -0.4 is 16.0 Å². The molecule has 0 radical (unpaired) electrons. The zero-order valence-corrected chi connectivity index (χ0v) is 16.4. The van der Waals surface area contributed by atoms with Gasteiger partial charge in [-0.1, -0.05) is 25.9 Å². The van der Waals surface area contributed by atoms with E-state index in [1.165, 1.54) is 6.92 Å². The van der Waals surface area contributed by atoms with Gasteiger partial charge in [0.15, 0.2) is 0 Å². The first kappa shape index (κ1) is 20.4. The van der Waals surface area contributed by atoms with Crippen molar-refractivity contribution in [3.63, 3.8) is 0 Å². The van der Waals surface area contributed by atoms with Crippen LogP contribution in [0.4, 0.5) is 0 Å². The molecule has 0 spiro atoms. The summed E-state index contributed by atoms with van der Waals surface area (Å²) >= 11 is 0. The fraction of sp³-hybridized carbons (Fsp3) is 0.737. The van der Waals surface area contributed by atoms with E-state index in [0.717, 1.165) is 37.4 Å². The molecule has 0 aromatic carbocycles. The average Bonchev–Trinajstić information content (AvgIpc) is 3.02. The number of nitrogens with zero attached hydrogens (tertiary/aromatic N) is 1. The summed E-state index contributed by atoms with van der Waals surface area (Å²) in [5, 5.41) is 13.2. The van der Waals surface area contributed by atoms with E-state index in [9.17, 15) is 9.59 Å². The average molecular weight is 364 g/mol. The summed E-state index contributed by atoms with van der Waals surface area (Å²) < 4.78 is 5.49. The number of amides is 2. The zero-order chi connectivity index (χ0) is 19.2. The molecule has 146 valence electrons. The Bertz CT molecular complexity index is 606. The molecule has 7 heteroatoms. The SMILES string of the molecule is CC(=O)NCCNC(=O)C[C@H]1CCNC[C@@H]1Cc1cc(C(C)(C)C)on1. The zero-order valence-electron chi connectivity index (χ0n) is 16.4. The maximum absolute atomic E-state index is 12.2. The van der Waals surface area contributed by atoms with E-state index in [0.29, 0.717) is 31.3 Å². The van der Waals surface area contributed by atoms with Crippen LogP contribution in [0.5, 0.6) is 0 Å². The fourth-order valence-electron chi connectivity index (χ4n) is 3.27. The van der Waals surface area contributed by atoms with Crippen LogP contribution in [0.1, 0.15) is 52.0 Å². The third kappa shape index (κ3) is 6.44. The van der Waals surface area contributed by atoms with Crippen molar-refractivity contribution in [3.05, 3.63) is 17.5 Å². The molecule has 2 rings (SSSR count). The second kappa shape index (κ2) is 9.16. The molecule has 0 unspecified atom stereocenters. The highest BCUT2D eigenvalue weighted by Crippen LogP contribution is 2.28. The number of aromatic nitrogens is 1. The minimum atomic E-state index is -0.0834. The van der Waals surface area contributed by atoms with E-state index in [1.54, 1.807) is 0 Å². The molecule has 0 aliphatic carbocycles. The Hall–Kier alpha value is -1.89. The fourth-order valence-corrected chi connectivity index (χ4v) is 3.27. The lowest BCUT2D eigenvalue weighted by Crippen LogP contribution is -2.41. The number of carbonyl (C=O) groups is 2. The number of hydrogen-bond donors (Lipinski definition) is 3. The monoisotopic (exact) mass is 364 g/mol. The van der Waals surface area contributed by atoms with Crippen LogP contribution in [0.25, 0.3) is 0 Å². The first-order valence-corrected chi connectivity index (χ1v) is 9.43. The molecule has 1 aliphatic heterocycles. The second-order valence-corrected chi connectivity index (χ2v) is 8.19. The number of nitrogens with one attached hydrogen (secondary N) is 3. The lowest BCUT2D eigenvalue weighted by Gasteiger charge is -2.31. The summed E-state index contributed by atoms with van der Waals surface area (Å²) in [7, 11) is 0. The predicted octanol–water partition coefficient (Wildman–Crippen LogP) is 1.38. The van der Waals surface area contributed by atoms with Crippen molar-refractivity contribution in [2.75, 3.05) is 26.2 Å². The Morgan fingerprint density at radius 3 is 2.65 bits per heavy atom. The molecule has 3 N–H and O–H groups in total. The standard InChI is InChI=1S/C19H32N4O3/c1-13(24)21-7-8-22-18(25)10-14-5-6-20-12-15(14)9-16-11-17(26-23-16)19(2,3)4/h11,14-15,20H,5-10,12H2,1-4H3,(H,21,24)(H,22,25)/t14-,15+/m1/s1. The highest BCUT2D eigenvalue weighted by Gasteiger charge is 2.29. The summed E-state index contributed by atoms with van der Waals surface area (Å²) in [4.78, 5) is 23.1.